The molecule has 172 valence electrons. The van der Waals surface area contributed by atoms with Gasteiger partial charge in [-0.15, -0.1) is 0 Å². The van der Waals surface area contributed by atoms with Gasteiger partial charge in [0.2, 0.25) is 5.82 Å². The van der Waals surface area contributed by atoms with Crippen LogP contribution >= 0.6 is 0 Å². The Morgan fingerprint density at radius 3 is 2.59 bits per heavy atom. The second-order valence-corrected chi connectivity index (χ2v) is 7.13. The van der Waals surface area contributed by atoms with Crippen molar-refractivity contribution in [2.75, 3.05) is 19.7 Å². The van der Waals surface area contributed by atoms with E-state index in [1.54, 1.807) is 12.1 Å². The molecular formula is C23H19N5O6. The van der Waals surface area contributed by atoms with Crippen molar-refractivity contribution in [1.29, 1.82) is 0 Å². The molecule has 11 heteroatoms. The van der Waals surface area contributed by atoms with Crippen molar-refractivity contribution >= 4 is 28.3 Å². The zero-order chi connectivity index (χ0) is 23.9. The largest absolute Gasteiger partial charge is 0.484 e. The fraction of sp³-hybridized carbons (Fsp3) is 0.130. The molecule has 1 aromatic heterocycles. The lowest BCUT2D eigenvalue weighted by Gasteiger charge is -2.08. The molecule has 0 aliphatic rings. The number of hydrogen-bond acceptors (Lipinski definition) is 8. The first-order chi connectivity index (χ1) is 16.5. The number of amides is 2. The number of nitrogens with one attached hydrogen (secondary N) is 2. The zero-order valence-corrected chi connectivity index (χ0v) is 17.8. The third kappa shape index (κ3) is 5.51. The van der Waals surface area contributed by atoms with Crippen LogP contribution in [-0.4, -0.2) is 46.6 Å². The Morgan fingerprint density at radius 2 is 1.76 bits per heavy atom. The van der Waals surface area contributed by atoms with E-state index < -0.39 is 10.8 Å². The van der Waals surface area contributed by atoms with Crippen molar-refractivity contribution in [3.8, 4) is 17.1 Å². The summed E-state index contributed by atoms with van der Waals surface area (Å²) in [5, 5.41) is 21.8. The van der Waals surface area contributed by atoms with Crippen LogP contribution in [0.2, 0.25) is 0 Å². The Hall–Kier alpha value is -4.80. The van der Waals surface area contributed by atoms with Crippen LogP contribution in [0.25, 0.3) is 22.2 Å². The predicted octanol–water partition coefficient (Wildman–Crippen LogP) is 2.72. The second kappa shape index (κ2) is 10.2. The third-order valence-electron chi connectivity index (χ3n) is 4.76. The summed E-state index contributed by atoms with van der Waals surface area (Å²) in [5.74, 6) is -0.641. The normalized spacial score (nSPS) is 10.6. The standard InChI is InChI=1S/C23H19N5O6/c29-20(14-33-19-9-8-15-4-1-2-5-16(15)13-19)24-10-11-25-22(30)23-26-21(27-34-23)17-6-3-7-18(12-17)28(31)32/h1-9,12-13H,10-11,14H2,(H,24,29)(H,25,30). The van der Waals surface area contributed by atoms with Crippen molar-refractivity contribution < 1.29 is 23.8 Å². The molecule has 0 atom stereocenters. The van der Waals surface area contributed by atoms with Gasteiger partial charge in [-0.1, -0.05) is 47.6 Å². The van der Waals surface area contributed by atoms with E-state index in [0.717, 1.165) is 10.8 Å². The molecule has 3 aromatic carbocycles. The first kappa shape index (κ1) is 22.4. The van der Waals surface area contributed by atoms with Crippen molar-refractivity contribution in [3.05, 3.63) is 82.7 Å². The molecule has 4 rings (SSSR count). The van der Waals surface area contributed by atoms with E-state index in [4.69, 9.17) is 9.26 Å². The van der Waals surface area contributed by atoms with E-state index in [-0.39, 0.29) is 43.0 Å². The number of aromatic nitrogens is 2. The molecule has 2 amide bonds. The number of carbonyl (C=O) groups is 2. The fourth-order valence-electron chi connectivity index (χ4n) is 3.10. The Labute approximate surface area is 192 Å². The Kier molecular flexibility index (Phi) is 6.73. The van der Waals surface area contributed by atoms with Crippen LogP contribution < -0.4 is 15.4 Å². The molecule has 0 fully saturated rings. The summed E-state index contributed by atoms with van der Waals surface area (Å²) >= 11 is 0. The van der Waals surface area contributed by atoms with Gasteiger partial charge in [0.15, 0.2) is 6.61 Å². The Morgan fingerprint density at radius 1 is 0.971 bits per heavy atom. The van der Waals surface area contributed by atoms with Crippen LogP contribution in [0.4, 0.5) is 5.69 Å². The maximum Gasteiger partial charge on any atom is 0.316 e. The smallest absolute Gasteiger partial charge is 0.316 e. The quantitative estimate of drug-likeness (QED) is 0.219. The summed E-state index contributed by atoms with van der Waals surface area (Å²) < 4.78 is 10.4. The predicted molar refractivity (Wildman–Crippen MR) is 121 cm³/mol. The maximum atomic E-state index is 12.2. The highest BCUT2D eigenvalue weighted by molar-refractivity contribution is 5.90. The molecule has 0 saturated carbocycles. The minimum Gasteiger partial charge on any atom is -0.484 e. The topological polar surface area (TPSA) is 149 Å². The number of nitrogens with zero attached hydrogens (tertiary/aromatic N) is 3. The van der Waals surface area contributed by atoms with Gasteiger partial charge >= 0.3 is 11.8 Å². The number of ether oxygens (including phenoxy) is 1. The van der Waals surface area contributed by atoms with Crippen LogP contribution in [0.15, 0.2) is 71.3 Å². The van der Waals surface area contributed by atoms with E-state index >= 15 is 0 Å². The number of nitro benzene ring substituents is 1. The molecule has 34 heavy (non-hydrogen) atoms. The molecule has 1 heterocycles. The van der Waals surface area contributed by atoms with Gasteiger partial charge in [-0.25, -0.2) is 0 Å². The molecule has 0 spiro atoms. The molecule has 0 radical (unpaired) electrons. The van der Waals surface area contributed by atoms with Crippen molar-refractivity contribution in [1.82, 2.24) is 20.8 Å². The summed E-state index contributed by atoms with van der Waals surface area (Å²) in [6, 6.07) is 19.0. The van der Waals surface area contributed by atoms with E-state index in [0.29, 0.717) is 11.3 Å². The summed E-state index contributed by atoms with van der Waals surface area (Å²) in [7, 11) is 0. The van der Waals surface area contributed by atoms with E-state index in [2.05, 4.69) is 20.8 Å². The Bertz CT molecular complexity index is 1350. The minimum atomic E-state index is -0.633. The molecule has 0 aliphatic heterocycles. The number of non-ortho nitro benzene ring substituents is 1. The van der Waals surface area contributed by atoms with Gasteiger partial charge in [-0.3, -0.25) is 19.7 Å². The summed E-state index contributed by atoms with van der Waals surface area (Å²) in [4.78, 5) is 38.5. The first-order valence-electron chi connectivity index (χ1n) is 10.2. The van der Waals surface area contributed by atoms with Crippen molar-refractivity contribution in [2.45, 2.75) is 0 Å². The summed E-state index contributed by atoms with van der Waals surface area (Å²) in [6.07, 6.45) is 0. The van der Waals surface area contributed by atoms with Gasteiger partial charge in [0.05, 0.1) is 4.92 Å². The number of benzene rings is 3. The molecule has 0 saturated heterocycles. The van der Waals surface area contributed by atoms with Crippen LogP contribution in [0.3, 0.4) is 0 Å². The molecule has 4 aromatic rings. The number of carbonyl (C=O) groups excluding carboxylic acids is 2. The summed E-state index contributed by atoms with van der Waals surface area (Å²) in [5.41, 5.74) is 0.212. The maximum absolute atomic E-state index is 12.2. The third-order valence-corrected chi connectivity index (χ3v) is 4.76. The van der Waals surface area contributed by atoms with Gasteiger partial charge in [-0.05, 0) is 22.9 Å². The van der Waals surface area contributed by atoms with E-state index in [1.165, 1.54) is 18.2 Å². The number of fused-ring (bicyclic) bond motifs is 1. The van der Waals surface area contributed by atoms with Crippen LogP contribution in [0.1, 0.15) is 10.7 Å². The lowest BCUT2D eigenvalue weighted by atomic mass is 10.1. The van der Waals surface area contributed by atoms with Crippen LogP contribution in [0.5, 0.6) is 5.75 Å². The molecule has 0 bridgehead atoms. The minimum absolute atomic E-state index is 0.0491. The van der Waals surface area contributed by atoms with Crippen LogP contribution in [-0.2, 0) is 4.79 Å². The van der Waals surface area contributed by atoms with E-state index in [1.807, 2.05) is 36.4 Å². The highest BCUT2D eigenvalue weighted by Crippen LogP contribution is 2.22. The molecule has 0 aliphatic carbocycles. The molecule has 2 N–H and O–H groups in total. The number of nitro groups is 1. The summed E-state index contributed by atoms with van der Waals surface area (Å²) in [6.45, 7) is 0.120. The molecule has 0 unspecified atom stereocenters. The van der Waals surface area contributed by atoms with Gasteiger partial charge in [0, 0.05) is 30.8 Å². The molecular weight excluding hydrogens is 442 g/mol. The lowest BCUT2D eigenvalue weighted by molar-refractivity contribution is -0.384. The van der Waals surface area contributed by atoms with Crippen LogP contribution in [0, 0.1) is 10.1 Å². The highest BCUT2D eigenvalue weighted by Gasteiger charge is 2.17. The SMILES string of the molecule is O=C(COc1ccc2ccccc2c1)NCCNC(=O)c1nc(-c2cccc([N+](=O)[O-])c2)no1. The second-order valence-electron chi connectivity index (χ2n) is 7.13. The highest BCUT2D eigenvalue weighted by atomic mass is 16.6. The first-order valence-corrected chi connectivity index (χ1v) is 10.2. The monoisotopic (exact) mass is 461 g/mol. The zero-order valence-electron chi connectivity index (χ0n) is 17.8. The number of hydrogen-bond donors (Lipinski definition) is 2. The molecule has 11 nitrogen and oxygen atoms in total. The van der Waals surface area contributed by atoms with Gasteiger partial charge in [-0.2, -0.15) is 4.98 Å². The Balaban J connectivity index is 1.21. The number of rotatable bonds is 9. The fourth-order valence-corrected chi connectivity index (χ4v) is 3.10. The van der Waals surface area contributed by atoms with Crippen molar-refractivity contribution in [3.63, 3.8) is 0 Å². The van der Waals surface area contributed by atoms with Gasteiger partial charge < -0.3 is 19.9 Å². The van der Waals surface area contributed by atoms with Gasteiger partial charge in [0.25, 0.3) is 11.6 Å². The van der Waals surface area contributed by atoms with Gasteiger partial charge in [0.1, 0.15) is 5.75 Å². The van der Waals surface area contributed by atoms with E-state index in [9.17, 15) is 19.7 Å². The average Bonchev–Trinajstić information content (AvgIpc) is 3.36. The lowest BCUT2D eigenvalue weighted by Crippen LogP contribution is -2.36. The average molecular weight is 461 g/mol. The van der Waals surface area contributed by atoms with Crippen molar-refractivity contribution in [2.24, 2.45) is 0 Å².